The van der Waals surface area contributed by atoms with Crippen LogP contribution in [0.2, 0.25) is 0 Å². The molecule has 0 saturated carbocycles. The van der Waals surface area contributed by atoms with E-state index in [9.17, 15) is 14.4 Å². The van der Waals surface area contributed by atoms with Crippen LogP contribution in [0.25, 0.3) is 0 Å². The summed E-state index contributed by atoms with van der Waals surface area (Å²) < 4.78 is 11.4. The molecule has 2 saturated heterocycles. The Balaban J connectivity index is 1.39. The predicted molar refractivity (Wildman–Crippen MR) is 144 cm³/mol. The minimum absolute atomic E-state index is 0.0883. The highest BCUT2D eigenvalue weighted by Crippen LogP contribution is 2.35. The van der Waals surface area contributed by atoms with Gasteiger partial charge in [0, 0.05) is 36.0 Å². The first-order valence-corrected chi connectivity index (χ1v) is 12.4. The van der Waals surface area contributed by atoms with Crippen molar-refractivity contribution in [1.29, 1.82) is 0 Å². The fraction of sp³-hybridized carbons (Fsp3) is 0.400. The van der Waals surface area contributed by atoms with Crippen LogP contribution in [0.1, 0.15) is 45.8 Å². The number of morpholine rings is 1. The summed E-state index contributed by atoms with van der Waals surface area (Å²) in [5.74, 6) is -1.40. The molecule has 3 heterocycles. The van der Waals surface area contributed by atoms with E-state index in [0.717, 1.165) is 0 Å². The zero-order valence-corrected chi connectivity index (χ0v) is 20.8. The van der Waals surface area contributed by atoms with Gasteiger partial charge < -0.3 is 19.3 Å². The average molecular weight is 499 g/mol. The maximum absolute atomic E-state index is 13.1. The van der Waals surface area contributed by atoms with Crippen LogP contribution in [0.3, 0.4) is 0 Å². The number of nitrogens with one attached hydrogen (secondary N) is 1. The summed E-state index contributed by atoms with van der Waals surface area (Å²) >= 11 is 0. The second-order valence-corrected chi connectivity index (χ2v) is 9.74. The largest absolute Gasteiger partial charge is 0.502 e. The molecule has 2 fully saturated rings. The van der Waals surface area contributed by atoms with E-state index in [2.05, 4.69) is 10.2 Å². The zero-order valence-electron chi connectivity index (χ0n) is 20.8. The highest BCUT2D eigenvalue weighted by molar-refractivity contribution is 6.47. The number of hydrogen-bond acceptors (Lipinski definition) is 6. The van der Waals surface area contributed by atoms with Gasteiger partial charge in [0.25, 0.3) is 5.91 Å². The van der Waals surface area contributed by atoms with E-state index in [1.807, 2.05) is 0 Å². The highest BCUT2D eigenvalue weighted by atomic mass is 16.5. The number of imide groups is 1. The van der Waals surface area contributed by atoms with Gasteiger partial charge in [0.05, 0.1) is 27.6 Å². The summed E-state index contributed by atoms with van der Waals surface area (Å²) in [6, 6.07) is 7.48. The van der Waals surface area contributed by atoms with Gasteiger partial charge in [0.1, 0.15) is 43.2 Å². The lowest BCUT2D eigenvalue weighted by atomic mass is 9.55. The number of fused-ring (bicyclic) bond motifs is 1. The predicted octanol–water partition coefficient (Wildman–Crippen LogP) is -1.94. The molecule has 2 aromatic rings. The van der Waals surface area contributed by atoms with E-state index in [1.54, 1.807) is 30.3 Å². The summed E-state index contributed by atoms with van der Waals surface area (Å²) in [4.78, 5) is 40.6. The van der Waals surface area contributed by atoms with Crippen LogP contribution < -0.4 is 21.0 Å². The molecule has 3 amide bonds. The third-order valence-corrected chi connectivity index (χ3v) is 7.21. The SMILES string of the molecule is [B]c1cc(C([B])N2CCOCC2)cc([B])c1C([B])([B])Oc1cccc2c1CN(C1CCC(=O)NC1=O)C2=O. The summed E-state index contributed by atoms with van der Waals surface area (Å²) in [6.45, 7) is 2.62. The van der Waals surface area contributed by atoms with E-state index < -0.39 is 23.3 Å². The Morgan fingerprint density at radius 2 is 1.76 bits per heavy atom. The molecule has 38 heavy (non-hydrogen) atoms. The van der Waals surface area contributed by atoms with Gasteiger partial charge in [-0.15, -0.1) is 0 Å². The van der Waals surface area contributed by atoms with Crippen molar-refractivity contribution in [1.82, 2.24) is 15.1 Å². The minimum atomic E-state index is -1.95. The Kier molecular flexibility index (Phi) is 7.26. The van der Waals surface area contributed by atoms with Gasteiger partial charge in [-0.2, -0.15) is 0 Å². The molecule has 182 valence electrons. The molecule has 3 aliphatic rings. The maximum Gasteiger partial charge on any atom is 0.255 e. The van der Waals surface area contributed by atoms with Crippen molar-refractivity contribution in [2.45, 2.75) is 36.8 Å². The lowest BCUT2D eigenvalue weighted by Gasteiger charge is -2.36. The third-order valence-electron chi connectivity index (χ3n) is 7.21. The van der Waals surface area contributed by atoms with Crippen molar-refractivity contribution < 1.29 is 23.9 Å². The molecule has 2 unspecified atom stereocenters. The Bertz CT molecular complexity index is 1280. The van der Waals surface area contributed by atoms with E-state index in [-0.39, 0.29) is 53.4 Å². The first-order valence-electron chi connectivity index (χ1n) is 12.4. The third kappa shape index (κ3) is 4.94. The molecule has 8 nitrogen and oxygen atoms in total. The number of rotatable bonds is 6. The van der Waals surface area contributed by atoms with Crippen molar-refractivity contribution in [3.05, 3.63) is 52.6 Å². The van der Waals surface area contributed by atoms with Gasteiger partial charge in [-0.3, -0.25) is 19.7 Å². The zero-order chi connectivity index (χ0) is 27.2. The van der Waals surface area contributed by atoms with Gasteiger partial charge in [0.15, 0.2) is 0 Å². The van der Waals surface area contributed by atoms with Crippen LogP contribution in [-0.4, -0.2) is 99.1 Å². The fourth-order valence-electron chi connectivity index (χ4n) is 5.29. The molecule has 0 aliphatic carbocycles. The normalized spacial score (nSPS) is 21.2. The van der Waals surface area contributed by atoms with E-state index >= 15 is 0 Å². The number of hydrogen-bond donors (Lipinski definition) is 1. The first-order chi connectivity index (χ1) is 18.1. The molecule has 0 bridgehead atoms. The molecule has 13 heteroatoms. The number of amides is 3. The summed E-state index contributed by atoms with van der Waals surface area (Å²) in [5.41, 5.74) is 2.18. The van der Waals surface area contributed by atoms with Gasteiger partial charge >= 0.3 is 0 Å². The minimum Gasteiger partial charge on any atom is -0.502 e. The number of ether oxygens (including phenoxy) is 2. The van der Waals surface area contributed by atoms with E-state index in [4.69, 9.17) is 48.7 Å². The number of carbonyl (C=O) groups is 3. The Labute approximate surface area is 228 Å². The van der Waals surface area contributed by atoms with Crippen molar-refractivity contribution in [2.75, 3.05) is 26.3 Å². The molecular weight excluding hydrogens is 476 g/mol. The molecule has 0 aromatic heterocycles. The number of carbonyl (C=O) groups excluding carboxylic acids is 3. The Hall–Kier alpha value is -2.91. The summed E-state index contributed by atoms with van der Waals surface area (Å²) in [6.07, 6.45) is 0.392. The molecule has 1 N–H and O–H groups in total. The van der Waals surface area contributed by atoms with Gasteiger partial charge in [0.2, 0.25) is 11.8 Å². The van der Waals surface area contributed by atoms with Gasteiger partial charge in [-0.1, -0.05) is 29.1 Å². The van der Waals surface area contributed by atoms with Crippen LogP contribution in [0.5, 0.6) is 5.75 Å². The molecule has 3 aliphatic heterocycles. The average Bonchev–Trinajstić information content (AvgIpc) is 3.20. The molecule has 10 radical (unpaired) electrons. The van der Waals surface area contributed by atoms with E-state index in [0.29, 0.717) is 43.0 Å². The lowest BCUT2D eigenvalue weighted by Crippen LogP contribution is -2.52. The number of piperidine rings is 1. The van der Waals surface area contributed by atoms with Crippen LogP contribution in [0.4, 0.5) is 0 Å². The van der Waals surface area contributed by atoms with Crippen LogP contribution in [0.15, 0.2) is 30.3 Å². The van der Waals surface area contributed by atoms with Crippen molar-refractivity contribution >= 4 is 67.9 Å². The van der Waals surface area contributed by atoms with Crippen LogP contribution in [0, 0.1) is 0 Å². The molecule has 2 aromatic carbocycles. The summed E-state index contributed by atoms with van der Waals surface area (Å²) in [5, 5.41) is 0.336. The van der Waals surface area contributed by atoms with Crippen molar-refractivity contribution in [3.63, 3.8) is 0 Å². The first kappa shape index (κ1) is 26.7. The fourth-order valence-corrected chi connectivity index (χ4v) is 5.29. The van der Waals surface area contributed by atoms with Gasteiger partial charge in [-0.25, -0.2) is 0 Å². The summed E-state index contributed by atoms with van der Waals surface area (Å²) in [7, 11) is 32.0. The van der Waals surface area contributed by atoms with E-state index in [1.165, 1.54) is 4.90 Å². The molecule has 5 rings (SSSR count). The topological polar surface area (TPSA) is 88.2 Å². The van der Waals surface area contributed by atoms with Crippen LogP contribution >= 0.6 is 0 Å². The Morgan fingerprint density at radius 1 is 1.08 bits per heavy atom. The molecular formula is C25H22B5N3O5. The number of nitrogens with zero attached hydrogens (tertiary/aromatic N) is 2. The maximum atomic E-state index is 13.1. The van der Waals surface area contributed by atoms with Gasteiger partial charge in [-0.05, 0) is 35.6 Å². The van der Waals surface area contributed by atoms with Crippen LogP contribution in [-0.2, 0) is 26.3 Å². The quantitative estimate of drug-likeness (QED) is 0.369. The van der Waals surface area contributed by atoms with Crippen molar-refractivity contribution in [2.24, 2.45) is 0 Å². The number of benzene rings is 2. The van der Waals surface area contributed by atoms with Crippen molar-refractivity contribution in [3.8, 4) is 5.75 Å². The molecule has 2 atom stereocenters. The standard InChI is InChI=1S/C25H22B5N3O5/c26-16-10-13(22(28)32-6-8-37-9-7-32)11-17(27)21(16)25(29,30)38-19-3-1-2-14-15(19)12-33(24(14)36)18-4-5-20(34)31-23(18)35/h1-3,10-11,18,22H,4-9,12H2,(H,31,34,35). The highest BCUT2D eigenvalue weighted by Gasteiger charge is 2.40. The lowest BCUT2D eigenvalue weighted by molar-refractivity contribution is -0.136. The second-order valence-electron chi connectivity index (χ2n) is 9.74. The smallest absolute Gasteiger partial charge is 0.255 e. The second kappa shape index (κ2) is 10.3. The monoisotopic (exact) mass is 499 g/mol. The molecule has 0 spiro atoms. The Morgan fingerprint density at radius 3 is 2.42 bits per heavy atom.